The largest absolute Gasteiger partial charge is 0.493 e. The van der Waals surface area contributed by atoms with E-state index in [4.69, 9.17) is 27.9 Å². The molecule has 2 aromatic rings. The third-order valence-corrected chi connectivity index (χ3v) is 4.27. The fourth-order valence-corrected chi connectivity index (χ4v) is 2.79. The van der Waals surface area contributed by atoms with Gasteiger partial charge in [-0.15, -0.1) is 11.6 Å². The molecule has 0 bridgehead atoms. The van der Waals surface area contributed by atoms with Crippen molar-refractivity contribution in [2.24, 2.45) is 0 Å². The van der Waals surface area contributed by atoms with Crippen LogP contribution in [0.1, 0.15) is 28.5 Å². The van der Waals surface area contributed by atoms with Crippen molar-refractivity contribution in [3.63, 3.8) is 0 Å². The predicted molar refractivity (Wildman–Crippen MR) is 79.4 cm³/mol. The molecule has 0 radical (unpaired) electrons. The van der Waals surface area contributed by atoms with Crippen molar-refractivity contribution in [3.8, 4) is 5.75 Å². The number of ether oxygens (including phenoxy) is 1. The molecule has 4 heteroatoms. The Labute approximate surface area is 127 Å². The second kappa shape index (κ2) is 5.63. The smallest absolute Gasteiger partial charge is 0.142 e. The van der Waals surface area contributed by atoms with E-state index >= 15 is 0 Å². The van der Waals surface area contributed by atoms with Crippen LogP contribution in [-0.4, -0.2) is 6.61 Å². The van der Waals surface area contributed by atoms with E-state index in [0.717, 1.165) is 36.3 Å². The second-order valence-electron chi connectivity index (χ2n) is 4.86. The topological polar surface area (TPSA) is 9.23 Å². The van der Waals surface area contributed by atoms with Crippen LogP contribution in [0, 0.1) is 5.82 Å². The molecule has 0 fully saturated rings. The number of aryl methyl sites for hydroxylation is 1. The molecule has 0 aliphatic carbocycles. The molecule has 1 nitrogen and oxygen atoms in total. The maximum absolute atomic E-state index is 13.5. The van der Waals surface area contributed by atoms with Crippen molar-refractivity contribution in [1.82, 2.24) is 0 Å². The number of rotatable bonds is 2. The zero-order chi connectivity index (χ0) is 14.1. The average Bonchev–Trinajstić information content (AvgIpc) is 2.49. The average molecular weight is 311 g/mol. The molecule has 1 atom stereocenters. The van der Waals surface area contributed by atoms with Gasteiger partial charge in [0.05, 0.1) is 17.0 Å². The van der Waals surface area contributed by atoms with Gasteiger partial charge in [0, 0.05) is 0 Å². The van der Waals surface area contributed by atoms with Crippen molar-refractivity contribution in [2.45, 2.75) is 18.2 Å². The highest BCUT2D eigenvalue weighted by Crippen LogP contribution is 2.34. The summed E-state index contributed by atoms with van der Waals surface area (Å²) in [7, 11) is 0. The molecule has 0 aromatic heterocycles. The molecule has 0 amide bonds. The minimum atomic E-state index is -0.448. The van der Waals surface area contributed by atoms with Crippen LogP contribution in [0.25, 0.3) is 0 Å². The summed E-state index contributed by atoms with van der Waals surface area (Å²) in [6.07, 6.45) is 2.00. The third-order valence-electron chi connectivity index (χ3n) is 3.46. The molecule has 1 unspecified atom stereocenters. The van der Waals surface area contributed by atoms with Crippen molar-refractivity contribution < 1.29 is 9.13 Å². The number of benzene rings is 2. The van der Waals surface area contributed by atoms with Gasteiger partial charge >= 0.3 is 0 Å². The van der Waals surface area contributed by atoms with E-state index in [0.29, 0.717) is 5.56 Å². The molecule has 0 saturated heterocycles. The fourth-order valence-electron chi connectivity index (χ4n) is 2.40. The van der Waals surface area contributed by atoms with Crippen molar-refractivity contribution in [3.05, 3.63) is 63.9 Å². The van der Waals surface area contributed by atoms with Gasteiger partial charge in [-0.25, -0.2) is 4.39 Å². The molecule has 0 saturated carbocycles. The van der Waals surface area contributed by atoms with Crippen LogP contribution in [0.4, 0.5) is 4.39 Å². The molecule has 1 aliphatic rings. The number of halogens is 3. The number of fused-ring (bicyclic) bond motifs is 1. The molecule has 3 rings (SSSR count). The molecule has 0 N–H and O–H groups in total. The van der Waals surface area contributed by atoms with E-state index in [-0.39, 0.29) is 5.02 Å². The number of alkyl halides is 1. The Morgan fingerprint density at radius 2 is 1.85 bits per heavy atom. The summed E-state index contributed by atoms with van der Waals surface area (Å²) in [6.45, 7) is 0.763. The normalized spacial score (nSPS) is 15.3. The minimum Gasteiger partial charge on any atom is -0.493 e. The highest BCUT2D eigenvalue weighted by Gasteiger charge is 2.16. The van der Waals surface area contributed by atoms with E-state index in [9.17, 15) is 4.39 Å². The lowest BCUT2D eigenvalue weighted by Crippen LogP contribution is -2.09. The molecular weight excluding hydrogens is 298 g/mol. The second-order valence-corrected chi connectivity index (χ2v) is 5.70. The Morgan fingerprint density at radius 3 is 2.65 bits per heavy atom. The van der Waals surface area contributed by atoms with Crippen LogP contribution in [0.15, 0.2) is 36.4 Å². The van der Waals surface area contributed by atoms with Gasteiger partial charge in [0.15, 0.2) is 0 Å². The Bertz CT molecular complexity index is 642. The minimum absolute atomic E-state index is 0.108. The first kappa shape index (κ1) is 13.7. The summed E-state index contributed by atoms with van der Waals surface area (Å²) in [5.41, 5.74) is 2.80. The van der Waals surface area contributed by atoms with Crippen molar-refractivity contribution in [2.75, 3.05) is 6.61 Å². The Morgan fingerprint density at radius 1 is 1.10 bits per heavy atom. The summed E-state index contributed by atoms with van der Waals surface area (Å²) in [4.78, 5) is 0. The van der Waals surface area contributed by atoms with Gasteiger partial charge < -0.3 is 4.74 Å². The molecule has 1 aliphatic heterocycles. The zero-order valence-electron chi connectivity index (χ0n) is 10.7. The SMILES string of the molecule is Fc1cc(C(Cl)c2ccc3c(c2)CCCO3)ccc1Cl. The summed E-state index contributed by atoms with van der Waals surface area (Å²) in [5.74, 6) is 0.474. The lowest BCUT2D eigenvalue weighted by atomic mass is 9.98. The molecule has 104 valence electrons. The van der Waals surface area contributed by atoms with Crippen molar-refractivity contribution in [1.29, 1.82) is 0 Å². The Hall–Kier alpha value is -1.25. The van der Waals surface area contributed by atoms with Gasteiger partial charge in [0.1, 0.15) is 11.6 Å². The highest BCUT2D eigenvalue weighted by atomic mass is 35.5. The lowest BCUT2D eigenvalue weighted by Gasteiger charge is -2.19. The van der Waals surface area contributed by atoms with E-state index in [1.54, 1.807) is 6.07 Å². The number of hydrogen-bond donors (Lipinski definition) is 0. The first-order chi connectivity index (χ1) is 9.65. The highest BCUT2D eigenvalue weighted by molar-refractivity contribution is 6.30. The Kier molecular flexibility index (Phi) is 3.86. The zero-order valence-corrected chi connectivity index (χ0v) is 12.2. The maximum atomic E-state index is 13.5. The van der Waals surface area contributed by atoms with Gasteiger partial charge in [-0.2, -0.15) is 0 Å². The lowest BCUT2D eigenvalue weighted by molar-refractivity contribution is 0.288. The summed E-state index contributed by atoms with van der Waals surface area (Å²) >= 11 is 12.1. The first-order valence-electron chi connectivity index (χ1n) is 6.50. The molecule has 1 heterocycles. The van der Waals surface area contributed by atoms with Crippen molar-refractivity contribution >= 4 is 23.2 Å². The van der Waals surface area contributed by atoms with Gasteiger partial charge in [-0.3, -0.25) is 0 Å². The van der Waals surface area contributed by atoms with Crippen LogP contribution in [-0.2, 0) is 6.42 Å². The van der Waals surface area contributed by atoms with Gasteiger partial charge in [-0.05, 0) is 47.7 Å². The molecule has 0 spiro atoms. The fraction of sp³-hybridized carbons (Fsp3) is 0.250. The van der Waals surface area contributed by atoms with E-state index in [2.05, 4.69) is 0 Å². The quantitative estimate of drug-likeness (QED) is 0.698. The predicted octanol–water partition coefficient (Wildman–Crippen LogP) is 5.13. The van der Waals surface area contributed by atoms with Crippen LogP contribution < -0.4 is 4.74 Å². The summed E-state index contributed by atoms with van der Waals surface area (Å²) in [5, 5.41) is -0.287. The molecule has 20 heavy (non-hydrogen) atoms. The van der Waals surface area contributed by atoms with Gasteiger partial charge in [-0.1, -0.05) is 29.8 Å². The number of hydrogen-bond acceptors (Lipinski definition) is 1. The van der Waals surface area contributed by atoms with E-state index in [1.807, 2.05) is 18.2 Å². The molecular formula is C16H13Cl2FO. The van der Waals surface area contributed by atoms with Gasteiger partial charge in [0.2, 0.25) is 0 Å². The van der Waals surface area contributed by atoms with Crippen LogP contribution >= 0.6 is 23.2 Å². The first-order valence-corrected chi connectivity index (χ1v) is 7.31. The van der Waals surface area contributed by atoms with Crippen LogP contribution in [0.3, 0.4) is 0 Å². The summed E-state index contributed by atoms with van der Waals surface area (Å²) in [6, 6.07) is 10.6. The monoisotopic (exact) mass is 310 g/mol. The standard InChI is InChI=1S/C16H13Cl2FO/c17-13-5-3-12(9-14(13)19)16(18)11-4-6-15-10(8-11)2-1-7-20-15/h3-6,8-9,16H,1-2,7H2. The molecule has 2 aromatic carbocycles. The summed E-state index contributed by atoms with van der Waals surface area (Å²) < 4.78 is 19.1. The van der Waals surface area contributed by atoms with E-state index < -0.39 is 11.2 Å². The maximum Gasteiger partial charge on any atom is 0.142 e. The Balaban J connectivity index is 1.93. The van der Waals surface area contributed by atoms with Crippen LogP contribution in [0.5, 0.6) is 5.75 Å². The third kappa shape index (κ3) is 2.63. The van der Waals surface area contributed by atoms with E-state index in [1.165, 1.54) is 12.1 Å². The van der Waals surface area contributed by atoms with Crippen LogP contribution in [0.2, 0.25) is 5.02 Å². The van der Waals surface area contributed by atoms with Gasteiger partial charge in [0.25, 0.3) is 0 Å².